The summed E-state index contributed by atoms with van der Waals surface area (Å²) in [5.74, 6) is -0.294. The van der Waals surface area contributed by atoms with Crippen molar-refractivity contribution in [2.45, 2.75) is 57.4 Å². The normalized spacial score (nSPS) is 16.6. The maximum atomic E-state index is 13.7. The van der Waals surface area contributed by atoms with Gasteiger partial charge in [-0.15, -0.1) is 0 Å². The van der Waals surface area contributed by atoms with Gasteiger partial charge in [0.1, 0.15) is 17.2 Å². The Balaban J connectivity index is 1.69. The Kier molecular flexibility index (Phi) is 5.11. The molecule has 1 aliphatic rings. The lowest BCUT2D eigenvalue weighted by molar-refractivity contribution is -0.123. The molecule has 0 bridgehead atoms. The maximum absolute atomic E-state index is 13.7. The van der Waals surface area contributed by atoms with Gasteiger partial charge in [0.2, 0.25) is 11.8 Å². The van der Waals surface area contributed by atoms with E-state index in [-0.39, 0.29) is 24.3 Å². The highest BCUT2D eigenvalue weighted by atomic mass is 19.1. The molecule has 1 aromatic carbocycles. The van der Waals surface area contributed by atoms with Crippen LogP contribution in [0.4, 0.5) is 8.78 Å². The molecule has 0 aliphatic heterocycles. The average Bonchev–Trinajstić information content (AvgIpc) is 3.04. The number of hydrogen-bond donors (Lipinski definition) is 1. The molecule has 0 unspecified atom stereocenters. The first kappa shape index (κ1) is 17.5. The van der Waals surface area contributed by atoms with Crippen LogP contribution < -0.4 is 5.32 Å². The molecule has 1 heterocycles. The van der Waals surface area contributed by atoms with E-state index in [0.717, 1.165) is 50.3 Å². The zero-order valence-corrected chi connectivity index (χ0v) is 14.1. The number of aryl methyl sites for hydroxylation is 2. The second kappa shape index (κ2) is 7.29. The predicted octanol–water partition coefficient (Wildman–Crippen LogP) is 3.56. The largest absolute Gasteiger partial charge is 0.343 e. The van der Waals surface area contributed by atoms with Crippen molar-refractivity contribution >= 4 is 5.91 Å². The molecule has 0 saturated heterocycles. The standard InChI is InChI=1S/C18H21F2N3O2/c1-12-21-17(23-25-12)18(9-3-2-4-10-18)22-16(24)8-5-13-11-14(19)6-7-15(13)20/h6-7,11H,2-5,8-10H2,1H3,(H,22,24). The highest BCUT2D eigenvalue weighted by molar-refractivity contribution is 5.77. The van der Waals surface area contributed by atoms with Gasteiger partial charge in [0.25, 0.3) is 0 Å². The van der Waals surface area contributed by atoms with Crippen LogP contribution in [-0.2, 0) is 16.8 Å². The SMILES string of the molecule is Cc1nc(C2(NC(=O)CCc3cc(F)ccc3F)CCCCC2)no1. The van der Waals surface area contributed by atoms with Crippen LogP contribution in [-0.4, -0.2) is 16.0 Å². The Morgan fingerprint density at radius 2 is 2.04 bits per heavy atom. The smallest absolute Gasteiger partial charge is 0.223 e. The molecule has 1 amide bonds. The van der Waals surface area contributed by atoms with Gasteiger partial charge in [-0.05, 0) is 43.0 Å². The van der Waals surface area contributed by atoms with Crippen molar-refractivity contribution in [3.8, 4) is 0 Å². The lowest BCUT2D eigenvalue weighted by Gasteiger charge is -2.35. The summed E-state index contributed by atoms with van der Waals surface area (Å²) in [5.41, 5.74) is -0.434. The summed E-state index contributed by atoms with van der Waals surface area (Å²) in [6.45, 7) is 1.71. The van der Waals surface area contributed by atoms with Crippen LogP contribution in [0.25, 0.3) is 0 Å². The minimum atomic E-state index is -0.631. The minimum Gasteiger partial charge on any atom is -0.343 e. The van der Waals surface area contributed by atoms with Crippen LogP contribution in [0.5, 0.6) is 0 Å². The van der Waals surface area contributed by atoms with E-state index < -0.39 is 17.2 Å². The topological polar surface area (TPSA) is 68.0 Å². The molecule has 1 saturated carbocycles. The summed E-state index contributed by atoms with van der Waals surface area (Å²) >= 11 is 0. The summed E-state index contributed by atoms with van der Waals surface area (Å²) in [7, 11) is 0. The highest BCUT2D eigenvalue weighted by Crippen LogP contribution is 2.35. The van der Waals surface area contributed by atoms with Crippen molar-refractivity contribution in [1.29, 1.82) is 0 Å². The van der Waals surface area contributed by atoms with Crippen LogP contribution in [0, 0.1) is 18.6 Å². The summed E-state index contributed by atoms with van der Waals surface area (Å²) in [6, 6.07) is 3.27. The molecule has 7 heteroatoms. The first-order chi connectivity index (χ1) is 12.0. The third kappa shape index (κ3) is 4.03. The van der Waals surface area contributed by atoms with Crippen molar-refractivity contribution in [3.63, 3.8) is 0 Å². The molecular formula is C18H21F2N3O2. The predicted molar refractivity (Wildman–Crippen MR) is 86.6 cm³/mol. The van der Waals surface area contributed by atoms with Crippen molar-refractivity contribution in [2.24, 2.45) is 0 Å². The quantitative estimate of drug-likeness (QED) is 0.896. The number of rotatable bonds is 5. The number of hydrogen-bond acceptors (Lipinski definition) is 4. The zero-order valence-electron chi connectivity index (χ0n) is 14.1. The van der Waals surface area contributed by atoms with Crippen LogP contribution in [0.3, 0.4) is 0 Å². The van der Waals surface area contributed by atoms with E-state index in [0.29, 0.717) is 11.7 Å². The minimum absolute atomic E-state index is 0.0684. The third-order valence-electron chi connectivity index (χ3n) is 4.67. The number of nitrogens with one attached hydrogen (secondary N) is 1. The van der Waals surface area contributed by atoms with Crippen molar-refractivity contribution in [3.05, 3.63) is 47.1 Å². The van der Waals surface area contributed by atoms with Gasteiger partial charge >= 0.3 is 0 Å². The molecule has 1 N–H and O–H groups in total. The number of carbonyl (C=O) groups is 1. The van der Waals surface area contributed by atoms with Gasteiger partial charge in [0, 0.05) is 13.3 Å². The van der Waals surface area contributed by atoms with Crippen molar-refractivity contribution in [2.75, 3.05) is 0 Å². The van der Waals surface area contributed by atoms with E-state index in [4.69, 9.17) is 4.52 Å². The summed E-state index contributed by atoms with van der Waals surface area (Å²) in [5, 5.41) is 7.02. The third-order valence-corrected chi connectivity index (χ3v) is 4.67. The van der Waals surface area contributed by atoms with E-state index in [1.807, 2.05) is 0 Å². The maximum Gasteiger partial charge on any atom is 0.223 e. The molecule has 0 radical (unpaired) electrons. The molecule has 25 heavy (non-hydrogen) atoms. The van der Waals surface area contributed by atoms with Crippen molar-refractivity contribution in [1.82, 2.24) is 15.5 Å². The number of nitrogens with zero attached hydrogens (tertiary/aromatic N) is 2. The molecule has 3 rings (SSSR count). The molecule has 1 aromatic heterocycles. The molecule has 134 valence electrons. The Morgan fingerprint density at radius 1 is 1.28 bits per heavy atom. The lowest BCUT2D eigenvalue weighted by atomic mass is 9.80. The van der Waals surface area contributed by atoms with E-state index >= 15 is 0 Å². The summed E-state index contributed by atoms with van der Waals surface area (Å²) in [6.07, 6.45) is 4.72. The second-order valence-corrected chi connectivity index (χ2v) is 6.56. The number of halogens is 2. The Bertz CT molecular complexity index is 755. The first-order valence-corrected chi connectivity index (χ1v) is 8.54. The fraction of sp³-hybridized carbons (Fsp3) is 0.500. The molecule has 0 spiro atoms. The van der Waals surface area contributed by atoms with Gasteiger partial charge in [-0.1, -0.05) is 24.4 Å². The summed E-state index contributed by atoms with van der Waals surface area (Å²) in [4.78, 5) is 16.8. The number of benzene rings is 1. The van der Waals surface area contributed by atoms with Gasteiger partial charge in [0.05, 0.1) is 0 Å². The molecule has 0 atom stereocenters. The van der Waals surface area contributed by atoms with Gasteiger partial charge in [-0.2, -0.15) is 4.98 Å². The van der Waals surface area contributed by atoms with Crippen LogP contribution in [0.15, 0.2) is 22.7 Å². The van der Waals surface area contributed by atoms with Gasteiger partial charge in [-0.25, -0.2) is 8.78 Å². The summed E-state index contributed by atoms with van der Waals surface area (Å²) < 4.78 is 32.0. The van der Waals surface area contributed by atoms with Crippen LogP contribution in [0.2, 0.25) is 0 Å². The second-order valence-electron chi connectivity index (χ2n) is 6.56. The fourth-order valence-corrected chi connectivity index (χ4v) is 3.37. The molecular weight excluding hydrogens is 328 g/mol. The highest BCUT2D eigenvalue weighted by Gasteiger charge is 2.39. The van der Waals surface area contributed by atoms with Gasteiger partial charge in [0.15, 0.2) is 5.82 Å². The van der Waals surface area contributed by atoms with E-state index in [9.17, 15) is 13.6 Å². The Hall–Kier alpha value is -2.31. The van der Waals surface area contributed by atoms with Crippen molar-refractivity contribution < 1.29 is 18.1 Å². The average molecular weight is 349 g/mol. The van der Waals surface area contributed by atoms with E-state index in [1.165, 1.54) is 0 Å². The van der Waals surface area contributed by atoms with Crippen LogP contribution >= 0.6 is 0 Å². The number of aromatic nitrogens is 2. The van der Waals surface area contributed by atoms with E-state index in [1.54, 1.807) is 6.92 Å². The molecule has 2 aromatic rings. The van der Waals surface area contributed by atoms with Gasteiger partial charge in [-0.3, -0.25) is 4.79 Å². The van der Waals surface area contributed by atoms with E-state index in [2.05, 4.69) is 15.5 Å². The zero-order chi connectivity index (χ0) is 17.9. The Morgan fingerprint density at radius 3 is 2.72 bits per heavy atom. The number of amides is 1. The molecule has 1 fully saturated rings. The lowest BCUT2D eigenvalue weighted by Crippen LogP contribution is -2.48. The monoisotopic (exact) mass is 349 g/mol. The molecule has 5 nitrogen and oxygen atoms in total. The van der Waals surface area contributed by atoms with Gasteiger partial charge < -0.3 is 9.84 Å². The Labute approximate surface area is 144 Å². The molecule has 1 aliphatic carbocycles. The first-order valence-electron chi connectivity index (χ1n) is 8.54. The van der Waals surface area contributed by atoms with Crippen LogP contribution in [0.1, 0.15) is 55.8 Å². The fourth-order valence-electron chi connectivity index (χ4n) is 3.37. The number of carbonyl (C=O) groups excluding carboxylic acids is 1.